The smallest absolute Gasteiger partial charge is 0.741 e. The minimum absolute atomic E-state index is 0. The molecule has 0 atom stereocenters. The van der Waals surface area contributed by atoms with Crippen molar-refractivity contribution in [3.8, 4) is 0 Å². The summed E-state index contributed by atoms with van der Waals surface area (Å²) in [6.45, 7) is 8.07. The van der Waals surface area contributed by atoms with Crippen LogP contribution >= 0.6 is 0 Å². The Morgan fingerprint density at radius 1 is 0.581 bits per heavy atom. The largest absolute Gasteiger partial charge is 2.00 e. The minimum atomic E-state index is 0. The zero-order valence-electron chi connectivity index (χ0n) is 23.0. The van der Waals surface area contributed by atoms with Crippen LogP contribution in [0, 0.1) is 0 Å². The predicted octanol–water partition coefficient (Wildman–Crippen LogP) is 3.81. The molecule has 0 fully saturated rings. The number of amidine groups is 2. The Bertz CT molecular complexity index is 1320. The molecule has 0 bridgehead atoms. The molecule has 10 nitrogen and oxygen atoms in total. The van der Waals surface area contributed by atoms with E-state index >= 15 is 0 Å². The molecule has 43 heavy (non-hydrogen) atoms. The monoisotopic (exact) mass is 648 g/mol. The van der Waals surface area contributed by atoms with Crippen LogP contribution in [0.25, 0.3) is 0 Å². The zero-order chi connectivity index (χ0) is 29.8. The Morgan fingerprint density at radius 2 is 0.884 bits per heavy atom. The van der Waals surface area contributed by atoms with Crippen LogP contribution in [0.1, 0.15) is 22.8 Å². The molecule has 4 heterocycles. The molecule has 0 radical (unpaired) electrons. The van der Waals surface area contributed by atoms with E-state index in [4.69, 9.17) is 25.3 Å². The van der Waals surface area contributed by atoms with Crippen LogP contribution in [0.15, 0.2) is 143 Å². The number of aromatic nitrogens is 4. The maximum absolute atomic E-state index is 5.06. The summed E-state index contributed by atoms with van der Waals surface area (Å²) in [6.07, 6.45) is 10.1. The van der Waals surface area contributed by atoms with Gasteiger partial charge in [0.05, 0.1) is 35.9 Å². The van der Waals surface area contributed by atoms with Gasteiger partial charge in [0.1, 0.15) is 11.4 Å². The summed E-state index contributed by atoms with van der Waals surface area (Å²) in [5, 5.41) is 9.16. The topological polar surface area (TPSA) is 125 Å². The van der Waals surface area contributed by atoms with E-state index in [-0.39, 0.29) is 17.1 Å². The molecule has 0 amide bonds. The third kappa shape index (κ3) is 12.4. The van der Waals surface area contributed by atoms with Crippen molar-refractivity contribution < 1.29 is 17.1 Å². The summed E-state index contributed by atoms with van der Waals surface area (Å²) in [5.41, 5.74) is 9.50. The van der Waals surface area contributed by atoms with Crippen LogP contribution in [-0.4, -0.2) is 54.8 Å². The van der Waals surface area contributed by atoms with Crippen molar-refractivity contribution in [2.24, 2.45) is 20.2 Å². The average molecular weight is 649 g/mol. The van der Waals surface area contributed by atoms with E-state index in [0.717, 1.165) is 0 Å². The maximum Gasteiger partial charge on any atom is 2.00 e. The molecule has 0 aromatic carbocycles. The normalized spacial score (nSPS) is 10.5. The molecule has 218 valence electrons. The van der Waals surface area contributed by atoms with Crippen molar-refractivity contribution in [3.63, 3.8) is 0 Å². The van der Waals surface area contributed by atoms with Gasteiger partial charge in [-0.05, 0) is 58.9 Å². The Hall–Kier alpha value is -4.68. The van der Waals surface area contributed by atoms with E-state index in [1.807, 2.05) is 72.8 Å². The maximum atomic E-state index is 5.06. The van der Waals surface area contributed by atoms with Gasteiger partial charge >= 0.3 is 17.1 Å². The van der Waals surface area contributed by atoms with Crippen LogP contribution in [0.2, 0.25) is 0 Å². The Morgan fingerprint density at radius 3 is 1.12 bits per heavy atom. The van der Waals surface area contributed by atoms with E-state index in [1.54, 1.807) is 36.9 Å². The van der Waals surface area contributed by atoms with Gasteiger partial charge in [0.15, 0.2) is 0 Å². The first-order chi connectivity index (χ1) is 20.6. The molecule has 0 aliphatic heterocycles. The van der Waals surface area contributed by atoms with Crippen molar-refractivity contribution in [3.05, 3.63) is 146 Å². The fourth-order valence-corrected chi connectivity index (χ4v) is 3.32. The number of rotatable bonds is 10. The average Bonchev–Trinajstić information content (AvgIpc) is 3.05. The first-order valence-corrected chi connectivity index (χ1v) is 13.4. The van der Waals surface area contributed by atoms with Crippen molar-refractivity contribution >= 4 is 47.0 Å². The van der Waals surface area contributed by atoms with E-state index in [9.17, 15) is 0 Å². The molecule has 13 heteroatoms. The second-order valence-corrected chi connectivity index (χ2v) is 8.65. The summed E-state index contributed by atoms with van der Waals surface area (Å²) in [7, 11) is 0. The summed E-state index contributed by atoms with van der Waals surface area (Å²) >= 11 is 10.1. The van der Waals surface area contributed by atoms with Gasteiger partial charge in [0, 0.05) is 24.8 Å². The van der Waals surface area contributed by atoms with Crippen LogP contribution in [-0.2, 0) is 42.3 Å². The van der Waals surface area contributed by atoms with Crippen molar-refractivity contribution in [2.45, 2.75) is 0 Å². The second kappa shape index (κ2) is 20.2. The minimum Gasteiger partial charge on any atom is -0.741 e. The summed E-state index contributed by atoms with van der Waals surface area (Å²) < 4.78 is 0. The van der Waals surface area contributed by atoms with Crippen molar-refractivity contribution in [2.75, 3.05) is 13.1 Å². The SMILES string of the molecule is C=CCN=C([S-])NN=C(c1ccccn1)c1ccccn1.C=CCN=C([S-])NN=C(c1ccccn1)c1ccccn1.[Fe+2]. The number of hydrogen-bond donors (Lipinski definition) is 2. The molecule has 4 aromatic heterocycles. The van der Waals surface area contributed by atoms with Crippen LogP contribution in [0.5, 0.6) is 0 Å². The Kier molecular flexibility index (Phi) is 16.2. The quantitative estimate of drug-likeness (QED) is 0.0665. The second-order valence-electron chi connectivity index (χ2n) is 7.87. The van der Waals surface area contributed by atoms with Crippen molar-refractivity contribution in [1.82, 2.24) is 30.8 Å². The van der Waals surface area contributed by atoms with Gasteiger partial charge in [-0.1, -0.05) is 36.4 Å². The van der Waals surface area contributed by atoms with Gasteiger partial charge in [0.25, 0.3) is 0 Å². The number of hydrogen-bond acceptors (Lipinski definition) is 10. The van der Waals surface area contributed by atoms with E-state index in [2.05, 4.69) is 64.1 Å². The molecule has 4 aromatic rings. The number of aliphatic imine (C=N–C) groups is 2. The standard InChI is InChI=1S/2C15H15N5S.Fe/c2*1-2-9-18-15(21)20-19-14(12-7-3-5-10-16-12)13-8-4-6-11-17-13;/h2*2-8,10-11H,1,9H2,(H2,18,20,21);/q;;+2/p-2. The first-order valence-electron chi connectivity index (χ1n) is 12.6. The van der Waals surface area contributed by atoms with Crippen molar-refractivity contribution in [1.29, 1.82) is 0 Å². The van der Waals surface area contributed by atoms with E-state index < -0.39 is 0 Å². The predicted molar refractivity (Wildman–Crippen MR) is 174 cm³/mol. The molecule has 0 unspecified atom stereocenters. The summed E-state index contributed by atoms with van der Waals surface area (Å²) in [4.78, 5) is 25.3. The first kappa shape index (κ1) is 34.5. The van der Waals surface area contributed by atoms with Gasteiger partial charge in [-0.15, -0.1) is 13.2 Å². The summed E-state index contributed by atoms with van der Waals surface area (Å²) in [5.74, 6) is 0. The van der Waals surface area contributed by atoms with Gasteiger partial charge in [0.2, 0.25) is 0 Å². The molecule has 0 aliphatic carbocycles. The fraction of sp³-hybridized carbons (Fsp3) is 0.0667. The number of nitrogens with one attached hydrogen (secondary N) is 2. The fourth-order valence-electron chi connectivity index (χ4n) is 3.08. The van der Waals surface area contributed by atoms with E-state index in [1.165, 1.54) is 0 Å². The van der Waals surface area contributed by atoms with Gasteiger partial charge < -0.3 is 25.3 Å². The zero-order valence-corrected chi connectivity index (χ0v) is 25.7. The number of hydrazone groups is 2. The van der Waals surface area contributed by atoms with Crippen LogP contribution in [0.4, 0.5) is 0 Å². The summed E-state index contributed by atoms with van der Waals surface area (Å²) in [6, 6.07) is 22.4. The molecular weight excluding hydrogens is 620 g/mol. The van der Waals surface area contributed by atoms with Crippen LogP contribution in [0.3, 0.4) is 0 Å². The molecule has 4 rings (SSSR count). The Labute approximate surface area is 272 Å². The third-order valence-electron chi connectivity index (χ3n) is 4.88. The van der Waals surface area contributed by atoms with Gasteiger partial charge in [-0.25, -0.2) is 0 Å². The number of nitrogens with zero attached hydrogens (tertiary/aromatic N) is 8. The molecule has 2 N–H and O–H groups in total. The molecular formula is C30H28FeN10S2. The molecule has 0 aliphatic rings. The molecule has 0 saturated carbocycles. The van der Waals surface area contributed by atoms with Gasteiger partial charge in [-0.2, -0.15) is 10.2 Å². The number of pyridine rings is 4. The Balaban J connectivity index is 0.000000293. The van der Waals surface area contributed by atoms with Gasteiger partial charge in [-0.3, -0.25) is 40.8 Å². The third-order valence-corrected chi connectivity index (χ3v) is 5.33. The van der Waals surface area contributed by atoms with E-state index in [0.29, 0.717) is 57.6 Å². The molecule has 0 saturated heterocycles. The molecule has 0 spiro atoms. The van der Waals surface area contributed by atoms with Crippen LogP contribution < -0.4 is 10.9 Å².